The van der Waals surface area contributed by atoms with Crippen LogP contribution in [0.2, 0.25) is 0 Å². The first-order valence-corrected chi connectivity index (χ1v) is 9.86. The van der Waals surface area contributed by atoms with Crippen molar-refractivity contribution in [1.82, 2.24) is 14.5 Å². The van der Waals surface area contributed by atoms with Crippen LogP contribution in [0.4, 0.5) is 5.69 Å². The van der Waals surface area contributed by atoms with Crippen LogP contribution in [0.5, 0.6) is 5.75 Å². The molecule has 4 rings (SSSR count). The molecule has 1 aromatic heterocycles. The molecule has 0 saturated carbocycles. The second-order valence-electron chi connectivity index (χ2n) is 6.94. The van der Waals surface area contributed by atoms with E-state index in [-0.39, 0.29) is 18.0 Å². The summed E-state index contributed by atoms with van der Waals surface area (Å²) in [6.07, 6.45) is 1.28. The molecule has 0 unspecified atom stereocenters. The van der Waals surface area contributed by atoms with Crippen LogP contribution in [0.3, 0.4) is 0 Å². The van der Waals surface area contributed by atoms with Gasteiger partial charge in [0.05, 0.1) is 29.5 Å². The molecule has 2 aromatic carbocycles. The lowest BCUT2D eigenvalue weighted by atomic mass is 10.2. The van der Waals surface area contributed by atoms with Crippen LogP contribution in [0, 0.1) is 0 Å². The second-order valence-corrected chi connectivity index (χ2v) is 6.94. The van der Waals surface area contributed by atoms with Crippen LogP contribution in [0.25, 0.3) is 11.0 Å². The molecule has 0 aliphatic carbocycles. The Morgan fingerprint density at radius 1 is 1.03 bits per heavy atom. The zero-order valence-corrected chi connectivity index (χ0v) is 16.5. The average molecular weight is 392 g/mol. The Labute approximate surface area is 169 Å². The summed E-state index contributed by atoms with van der Waals surface area (Å²) in [6, 6.07) is 15.3. The molecule has 7 nitrogen and oxygen atoms in total. The topological polar surface area (TPSA) is 67.7 Å². The number of hydrogen-bond acceptors (Lipinski definition) is 5. The fourth-order valence-electron chi connectivity index (χ4n) is 3.71. The lowest BCUT2D eigenvalue weighted by Crippen LogP contribution is -2.50. The van der Waals surface area contributed by atoms with Crippen LogP contribution in [0.1, 0.15) is 6.92 Å². The van der Waals surface area contributed by atoms with Crippen LogP contribution < -0.4 is 15.2 Å². The van der Waals surface area contributed by atoms with E-state index >= 15 is 0 Å². The Kier molecular flexibility index (Phi) is 5.46. The maximum atomic E-state index is 12.9. The van der Waals surface area contributed by atoms with E-state index in [0.29, 0.717) is 30.7 Å². The molecule has 0 bridgehead atoms. The van der Waals surface area contributed by atoms with Crippen molar-refractivity contribution in [2.75, 3.05) is 37.7 Å². The molecule has 0 radical (unpaired) electrons. The molecule has 1 aliphatic heterocycles. The quantitative estimate of drug-likeness (QED) is 0.666. The van der Waals surface area contributed by atoms with E-state index < -0.39 is 0 Å². The van der Waals surface area contributed by atoms with Gasteiger partial charge >= 0.3 is 0 Å². The van der Waals surface area contributed by atoms with Crippen molar-refractivity contribution in [3.8, 4) is 5.75 Å². The number of carbonyl (C=O) groups excluding carboxylic acids is 1. The minimum atomic E-state index is -0.263. The van der Waals surface area contributed by atoms with Crippen molar-refractivity contribution in [2.24, 2.45) is 0 Å². The van der Waals surface area contributed by atoms with Crippen molar-refractivity contribution in [1.29, 1.82) is 0 Å². The monoisotopic (exact) mass is 392 g/mol. The molecule has 0 N–H and O–H groups in total. The van der Waals surface area contributed by atoms with Crippen molar-refractivity contribution in [3.05, 3.63) is 65.1 Å². The van der Waals surface area contributed by atoms with Gasteiger partial charge in [-0.05, 0) is 31.2 Å². The number of benzene rings is 2. The standard InChI is InChI=1S/C22H24N4O3/c1-2-29-20-10-6-5-9-19(20)24-11-13-25(14-12-24)22(28)16-26-18-8-4-3-7-17(18)23-15-21(26)27/h3-10,15H,2,11-14,16H2,1H3. The number of nitrogens with zero attached hydrogens (tertiary/aromatic N) is 4. The zero-order valence-electron chi connectivity index (χ0n) is 16.5. The minimum absolute atomic E-state index is 0.0252. The lowest BCUT2D eigenvalue weighted by molar-refractivity contribution is -0.132. The molecule has 150 valence electrons. The van der Waals surface area contributed by atoms with E-state index in [9.17, 15) is 9.59 Å². The summed E-state index contributed by atoms with van der Waals surface area (Å²) in [6.45, 7) is 5.28. The van der Waals surface area contributed by atoms with Gasteiger partial charge < -0.3 is 14.5 Å². The van der Waals surface area contributed by atoms with Gasteiger partial charge in [0, 0.05) is 26.2 Å². The maximum absolute atomic E-state index is 12.9. The number of para-hydroxylation sites is 4. The fourth-order valence-corrected chi connectivity index (χ4v) is 3.71. The number of ether oxygens (including phenoxy) is 1. The van der Waals surface area contributed by atoms with Gasteiger partial charge in [-0.1, -0.05) is 24.3 Å². The molecule has 0 spiro atoms. The third-order valence-corrected chi connectivity index (χ3v) is 5.18. The van der Waals surface area contributed by atoms with Crippen molar-refractivity contribution >= 4 is 22.6 Å². The number of carbonyl (C=O) groups is 1. The number of piperazine rings is 1. The summed E-state index contributed by atoms with van der Waals surface area (Å²) < 4.78 is 7.23. The Hall–Kier alpha value is -3.35. The maximum Gasteiger partial charge on any atom is 0.269 e. The predicted octanol–water partition coefficient (Wildman–Crippen LogP) is 2.14. The van der Waals surface area contributed by atoms with Gasteiger partial charge in [-0.3, -0.25) is 14.2 Å². The molecule has 29 heavy (non-hydrogen) atoms. The number of rotatable bonds is 5. The highest BCUT2D eigenvalue weighted by Gasteiger charge is 2.23. The Morgan fingerprint density at radius 2 is 1.76 bits per heavy atom. The minimum Gasteiger partial charge on any atom is -0.492 e. The molecular weight excluding hydrogens is 368 g/mol. The van der Waals surface area contributed by atoms with E-state index in [0.717, 1.165) is 24.5 Å². The number of aromatic nitrogens is 2. The Balaban J connectivity index is 1.46. The van der Waals surface area contributed by atoms with Crippen molar-refractivity contribution in [2.45, 2.75) is 13.5 Å². The van der Waals surface area contributed by atoms with Crippen molar-refractivity contribution < 1.29 is 9.53 Å². The molecule has 1 fully saturated rings. The van der Waals surface area contributed by atoms with Gasteiger partial charge in [0.15, 0.2) is 0 Å². The summed E-state index contributed by atoms with van der Waals surface area (Å²) in [5.41, 5.74) is 2.18. The molecule has 3 aromatic rings. The van der Waals surface area contributed by atoms with E-state index in [1.54, 1.807) is 0 Å². The molecule has 1 aliphatic rings. The van der Waals surface area contributed by atoms with Crippen molar-refractivity contribution in [3.63, 3.8) is 0 Å². The summed E-state index contributed by atoms with van der Waals surface area (Å²) in [7, 11) is 0. The largest absolute Gasteiger partial charge is 0.492 e. The van der Waals surface area contributed by atoms with E-state index in [1.807, 2.05) is 60.4 Å². The molecule has 2 heterocycles. The third-order valence-electron chi connectivity index (χ3n) is 5.18. The highest BCUT2D eigenvalue weighted by atomic mass is 16.5. The average Bonchev–Trinajstić information content (AvgIpc) is 2.76. The Bertz CT molecular complexity index is 1070. The number of hydrogen-bond donors (Lipinski definition) is 0. The molecular formula is C22H24N4O3. The van der Waals surface area contributed by atoms with Gasteiger partial charge in [-0.2, -0.15) is 0 Å². The molecule has 1 saturated heterocycles. The highest BCUT2D eigenvalue weighted by molar-refractivity contribution is 5.80. The summed E-state index contributed by atoms with van der Waals surface area (Å²) in [5, 5.41) is 0. The normalized spacial score (nSPS) is 14.2. The van der Waals surface area contributed by atoms with Crippen LogP contribution >= 0.6 is 0 Å². The van der Waals surface area contributed by atoms with Gasteiger partial charge in [0.1, 0.15) is 12.3 Å². The number of amides is 1. The van der Waals surface area contributed by atoms with Crippen LogP contribution in [0.15, 0.2) is 59.5 Å². The summed E-state index contributed by atoms with van der Waals surface area (Å²) in [5.74, 6) is 0.811. The number of anilines is 1. The van der Waals surface area contributed by atoms with E-state index in [4.69, 9.17) is 4.74 Å². The van der Waals surface area contributed by atoms with Gasteiger partial charge in [0.25, 0.3) is 5.56 Å². The van der Waals surface area contributed by atoms with Gasteiger partial charge in [0.2, 0.25) is 5.91 Å². The second kappa shape index (κ2) is 8.34. The molecule has 0 atom stereocenters. The fraction of sp³-hybridized carbons (Fsp3) is 0.318. The van der Waals surface area contributed by atoms with Gasteiger partial charge in [-0.15, -0.1) is 0 Å². The van der Waals surface area contributed by atoms with Crippen LogP contribution in [-0.4, -0.2) is 53.1 Å². The summed E-state index contributed by atoms with van der Waals surface area (Å²) in [4.78, 5) is 33.4. The Morgan fingerprint density at radius 3 is 2.55 bits per heavy atom. The first-order valence-electron chi connectivity index (χ1n) is 9.86. The van der Waals surface area contributed by atoms with Gasteiger partial charge in [-0.25, -0.2) is 4.98 Å². The highest BCUT2D eigenvalue weighted by Crippen LogP contribution is 2.28. The van der Waals surface area contributed by atoms with E-state index in [1.165, 1.54) is 10.8 Å². The first kappa shape index (κ1) is 19.0. The molecule has 7 heteroatoms. The van der Waals surface area contributed by atoms with E-state index in [2.05, 4.69) is 9.88 Å². The third kappa shape index (κ3) is 3.94. The SMILES string of the molecule is CCOc1ccccc1N1CCN(C(=O)Cn2c(=O)cnc3ccccc32)CC1. The smallest absolute Gasteiger partial charge is 0.269 e. The summed E-state index contributed by atoms with van der Waals surface area (Å²) >= 11 is 0. The first-order chi connectivity index (χ1) is 14.2. The molecule has 1 amide bonds. The van der Waals surface area contributed by atoms with Crippen LogP contribution in [-0.2, 0) is 11.3 Å². The number of fused-ring (bicyclic) bond motifs is 1. The predicted molar refractivity (Wildman–Crippen MR) is 112 cm³/mol. The lowest BCUT2D eigenvalue weighted by Gasteiger charge is -2.36. The zero-order chi connectivity index (χ0) is 20.2.